The van der Waals surface area contributed by atoms with Crippen LogP contribution in [-0.4, -0.2) is 16.3 Å². The van der Waals surface area contributed by atoms with Gasteiger partial charge in [0.25, 0.3) is 0 Å². The van der Waals surface area contributed by atoms with Gasteiger partial charge in [-0.25, -0.2) is 0 Å². The van der Waals surface area contributed by atoms with E-state index in [9.17, 15) is 0 Å². The molecule has 5 nitrogen and oxygen atoms in total. The molecule has 0 saturated carbocycles. The molecule has 6 heteroatoms. The molecule has 0 amide bonds. The molecular weight excluding hydrogens is 272 g/mol. The zero-order valence-corrected chi connectivity index (χ0v) is 11.5. The van der Waals surface area contributed by atoms with Gasteiger partial charge >= 0.3 is 0 Å². The van der Waals surface area contributed by atoms with Crippen LogP contribution < -0.4 is 15.9 Å². The number of nitrogens with one attached hydrogen (secondary N) is 1. The summed E-state index contributed by atoms with van der Waals surface area (Å²) in [6.45, 7) is 0.442. The van der Waals surface area contributed by atoms with Crippen LogP contribution in [0.1, 0.15) is 11.3 Å². The lowest BCUT2D eigenvalue weighted by Crippen LogP contribution is -2.23. The number of ether oxygens (including phenoxy) is 1. The second-order valence-electron chi connectivity index (χ2n) is 3.91. The van der Waals surface area contributed by atoms with Crippen molar-refractivity contribution < 1.29 is 4.74 Å². The molecular formula is C14H14N4OS. The Balaban J connectivity index is 1.88. The van der Waals surface area contributed by atoms with Gasteiger partial charge in [0.15, 0.2) is 5.11 Å². The van der Waals surface area contributed by atoms with Gasteiger partial charge in [-0.2, -0.15) is 5.10 Å². The van der Waals surface area contributed by atoms with Gasteiger partial charge in [-0.15, -0.1) is 0 Å². The van der Waals surface area contributed by atoms with E-state index >= 15 is 0 Å². The smallest absolute Gasteiger partial charge is 0.184 e. The fourth-order valence-electron chi connectivity index (χ4n) is 1.46. The van der Waals surface area contributed by atoms with E-state index in [4.69, 9.17) is 10.5 Å². The lowest BCUT2D eigenvalue weighted by Gasteiger charge is -2.05. The third kappa shape index (κ3) is 4.66. The fourth-order valence-corrected chi connectivity index (χ4v) is 1.51. The predicted molar refractivity (Wildman–Crippen MR) is 82.5 cm³/mol. The summed E-state index contributed by atoms with van der Waals surface area (Å²) in [4.78, 5) is 4.19. The molecule has 0 atom stereocenters. The zero-order chi connectivity index (χ0) is 14.2. The number of hydrazone groups is 1. The Bertz CT molecular complexity index is 584. The number of aromatic nitrogens is 1. The van der Waals surface area contributed by atoms with Crippen LogP contribution in [0.2, 0.25) is 0 Å². The highest BCUT2D eigenvalue weighted by atomic mass is 32.1. The maximum atomic E-state index is 5.63. The molecule has 0 aliphatic carbocycles. The molecule has 1 aromatic heterocycles. The van der Waals surface area contributed by atoms with Crippen molar-refractivity contribution in [2.24, 2.45) is 10.8 Å². The minimum Gasteiger partial charge on any atom is -0.487 e. The standard InChI is InChI=1S/C14H14N4OS/c15-14(20)18-17-9-11-4-6-13(7-5-11)19-10-12-3-1-2-8-16-12/h1-9H,10H2,(H3,15,18,20). The Kier molecular flexibility index (Phi) is 5.02. The molecule has 1 heterocycles. The monoisotopic (exact) mass is 286 g/mol. The van der Waals surface area contributed by atoms with Crippen molar-refractivity contribution in [2.75, 3.05) is 0 Å². The fraction of sp³-hybridized carbons (Fsp3) is 0.0714. The van der Waals surface area contributed by atoms with E-state index in [0.29, 0.717) is 6.61 Å². The number of rotatable bonds is 5. The molecule has 2 aromatic rings. The first kappa shape index (κ1) is 14.0. The zero-order valence-electron chi connectivity index (χ0n) is 10.7. The van der Waals surface area contributed by atoms with Gasteiger partial charge in [0.1, 0.15) is 12.4 Å². The van der Waals surface area contributed by atoms with E-state index in [-0.39, 0.29) is 5.11 Å². The van der Waals surface area contributed by atoms with Gasteiger partial charge in [-0.1, -0.05) is 6.07 Å². The minimum absolute atomic E-state index is 0.136. The van der Waals surface area contributed by atoms with Gasteiger partial charge in [0.2, 0.25) is 0 Å². The Labute approximate surface area is 122 Å². The summed E-state index contributed by atoms with van der Waals surface area (Å²) >= 11 is 4.64. The Morgan fingerprint density at radius 1 is 1.30 bits per heavy atom. The molecule has 102 valence electrons. The normalized spacial score (nSPS) is 10.4. The van der Waals surface area contributed by atoms with Crippen molar-refractivity contribution in [1.82, 2.24) is 10.4 Å². The summed E-state index contributed by atoms with van der Waals surface area (Å²) < 4.78 is 5.63. The Morgan fingerprint density at radius 2 is 2.10 bits per heavy atom. The highest BCUT2D eigenvalue weighted by molar-refractivity contribution is 7.80. The number of hydrogen-bond acceptors (Lipinski definition) is 4. The van der Waals surface area contributed by atoms with Crippen molar-refractivity contribution in [3.05, 3.63) is 59.9 Å². The second-order valence-corrected chi connectivity index (χ2v) is 4.35. The van der Waals surface area contributed by atoms with Crippen LogP contribution in [0.5, 0.6) is 5.75 Å². The van der Waals surface area contributed by atoms with E-state index in [1.165, 1.54) is 0 Å². The topological polar surface area (TPSA) is 72.5 Å². The molecule has 0 saturated heterocycles. The maximum Gasteiger partial charge on any atom is 0.184 e. The average Bonchev–Trinajstić information content (AvgIpc) is 2.47. The van der Waals surface area contributed by atoms with Gasteiger partial charge in [-0.3, -0.25) is 10.4 Å². The van der Waals surface area contributed by atoms with Crippen LogP contribution in [0.25, 0.3) is 0 Å². The van der Waals surface area contributed by atoms with Crippen LogP contribution in [0.15, 0.2) is 53.8 Å². The molecule has 0 aliphatic heterocycles. The van der Waals surface area contributed by atoms with Gasteiger partial charge < -0.3 is 10.5 Å². The summed E-state index contributed by atoms with van der Waals surface area (Å²) in [5.41, 5.74) is 9.55. The van der Waals surface area contributed by atoms with Crippen molar-refractivity contribution in [3.8, 4) is 5.75 Å². The van der Waals surface area contributed by atoms with E-state index in [1.54, 1.807) is 12.4 Å². The number of hydrogen-bond donors (Lipinski definition) is 2. The summed E-state index contributed by atoms with van der Waals surface area (Å²) in [6.07, 6.45) is 3.37. The third-order valence-electron chi connectivity index (χ3n) is 2.38. The van der Waals surface area contributed by atoms with E-state index < -0.39 is 0 Å². The van der Waals surface area contributed by atoms with Crippen molar-refractivity contribution in [3.63, 3.8) is 0 Å². The van der Waals surface area contributed by atoms with E-state index in [0.717, 1.165) is 17.0 Å². The minimum atomic E-state index is 0.136. The number of benzene rings is 1. The Hall–Kier alpha value is -2.47. The Morgan fingerprint density at radius 3 is 2.75 bits per heavy atom. The third-order valence-corrected chi connectivity index (χ3v) is 2.47. The molecule has 3 N–H and O–H groups in total. The quantitative estimate of drug-likeness (QED) is 0.498. The average molecular weight is 286 g/mol. The molecule has 20 heavy (non-hydrogen) atoms. The largest absolute Gasteiger partial charge is 0.487 e. The summed E-state index contributed by atoms with van der Waals surface area (Å²) in [5.74, 6) is 0.773. The molecule has 0 fully saturated rings. The molecule has 2 rings (SSSR count). The van der Waals surface area contributed by atoms with Crippen molar-refractivity contribution in [1.29, 1.82) is 0 Å². The number of nitrogens with two attached hydrogens (primary N) is 1. The summed E-state index contributed by atoms with van der Waals surface area (Å²) in [6, 6.07) is 13.2. The molecule has 1 aromatic carbocycles. The SMILES string of the molecule is NC(=S)NN=Cc1ccc(OCc2ccccn2)cc1. The van der Waals surface area contributed by atoms with Crippen molar-refractivity contribution >= 4 is 23.5 Å². The molecule has 0 aliphatic rings. The van der Waals surface area contributed by atoms with Gasteiger partial charge in [-0.05, 0) is 54.2 Å². The predicted octanol–water partition coefficient (Wildman–Crippen LogP) is 1.83. The van der Waals surface area contributed by atoms with E-state index in [1.807, 2.05) is 42.5 Å². The first-order chi connectivity index (χ1) is 9.74. The van der Waals surface area contributed by atoms with Crippen LogP contribution in [-0.2, 0) is 6.61 Å². The summed E-state index contributed by atoms with van der Waals surface area (Å²) in [5, 5.41) is 4.01. The van der Waals surface area contributed by atoms with Crippen molar-refractivity contribution in [2.45, 2.75) is 6.61 Å². The molecule has 0 bridgehead atoms. The van der Waals surface area contributed by atoms with Crippen LogP contribution in [0.3, 0.4) is 0 Å². The highest BCUT2D eigenvalue weighted by Crippen LogP contribution is 2.12. The van der Waals surface area contributed by atoms with Crippen LogP contribution in [0.4, 0.5) is 0 Å². The second kappa shape index (κ2) is 7.20. The van der Waals surface area contributed by atoms with Gasteiger partial charge in [0.05, 0.1) is 11.9 Å². The summed E-state index contributed by atoms with van der Waals surface area (Å²) in [7, 11) is 0. The molecule has 0 unspecified atom stereocenters. The highest BCUT2D eigenvalue weighted by Gasteiger charge is 1.96. The lowest BCUT2D eigenvalue weighted by atomic mass is 10.2. The maximum absolute atomic E-state index is 5.63. The molecule has 0 spiro atoms. The van der Waals surface area contributed by atoms with E-state index in [2.05, 4.69) is 27.7 Å². The number of thiocarbonyl (C=S) groups is 1. The first-order valence-corrected chi connectivity index (χ1v) is 6.36. The lowest BCUT2D eigenvalue weighted by molar-refractivity contribution is 0.301. The number of nitrogens with zero attached hydrogens (tertiary/aromatic N) is 2. The van der Waals surface area contributed by atoms with Crippen LogP contribution >= 0.6 is 12.2 Å². The first-order valence-electron chi connectivity index (χ1n) is 5.95. The van der Waals surface area contributed by atoms with Gasteiger partial charge in [0, 0.05) is 6.20 Å². The van der Waals surface area contributed by atoms with Crippen LogP contribution in [0, 0.1) is 0 Å². The number of pyridine rings is 1. The molecule has 0 radical (unpaired) electrons.